The lowest BCUT2D eigenvalue weighted by Gasteiger charge is -2.38. The zero-order chi connectivity index (χ0) is 13.3. The van der Waals surface area contributed by atoms with Gasteiger partial charge in [0.25, 0.3) is 0 Å². The Morgan fingerprint density at radius 2 is 1.79 bits per heavy atom. The number of halogens is 4. The Morgan fingerprint density at radius 1 is 1.26 bits per heavy atom. The van der Waals surface area contributed by atoms with E-state index in [2.05, 4.69) is 5.32 Å². The van der Waals surface area contributed by atoms with Crippen LogP contribution in [0.4, 0.5) is 13.2 Å². The van der Waals surface area contributed by atoms with Crippen LogP contribution in [0.25, 0.3) is 0 Å². The topological polar surface area (TPSA) is 32.3 Å². The number of amides is 1. The van der Waals surface area contributed by atoms with Gasteiger partial charge in [-0.1, -0.05) is 6.92 Å². The Labute approximate surface area is 117 Å². The third kappa shape index (κ3) is 3.75. The second kappa shape index (κ2) is 6.31. The van der Waals surface area contributed by atoms with Crippen LogP contribution in [0.5, 0.6) is 0 Å². The molecule has 0 bridgehead atoms. The molecule has 1 unspecified atom stereocenters. The summed E-state index contributed by atoms with van der Waals surface area (Å²) >= 11 is 0. The van der Waals surface area contributed by atoms with E-state index in [1.165, 1.54) is 0 Å². The molecular formula is C12H20ClF3N2O. The van der Waals surface area contributed by atoms with E-state index in [1.54, 1.807) is 4.90 Å². The molecule has 2 heterocycles. The monoisotopic (exact) mass is 300 g/mol. The first-order valence-corrected chi connectivity index (χ1v) is 6.46. The summed E-state index contributed by atoms with van der Waals surface area (Å²) in [6.45, 7) is 4.04. The van der Waals surface area contributed by atoms with Gasteiger partial charge >= 0.3 is 6.18 Å². The maximum Gasteiger partial charge on any atom is 0.391 e. The van der Waals surface area contributed by atoms with Gasteiger partial charge in [0.15, 0.2) is 0 Å². The van der Waals surface area contributed by atoms with Gasteiger partial charge in [0.1, 0.15) is 0 Å². The highest BCUT2D eigenvalue weighted by Crippen LogP contribution is 2.34. The third-order valence-corrected chi connectivity index (χ3v) is 4.18. The molecule has 0 radical (unpaired) electrons. The van der Waals surface area contributed by atoms with Gasteiger partial charge in [0.2, 0.25) is 5.91 Å². The summed E-state index contributed by atoms with van der Waals surface area (Å²) in [5, 5.41) is 3.11. The number of likely N-dealkylation sites (tertiary alicyclic amines) is 1. The normalized spacial score (nSPS) is 23.5. The fraction of sp³-hybridized carbons (Fsp3) is 0.917. The molecule has 3 nitrogen and oxygen atoms in total. The lowest BCUT2D eigenvalue weighted by atomic mass is 9.87. The molecule has 2 rings (SSSR count). The summed E-state index contributed by atoms with van der Waals surface area (Å²) in [4.78, 5) is 13.7. The molecule has 1 amide bonds. The minimum absolute atomic E-state index is 0. The SMILES string of the molecule is CC(C(=O)N1CCC(C(F)(F)F)CC1)C1CNC1.Cl. The molecule has 2 aliphatic heterocycles. The number of nitrogens with zero attached hydrogens (tertiary/aromatic N) is 1. The average molecular weight is 301 g/mol. The van der Waals surface area contributed by atoms with E-state index in [0.717, 1.165) is 13.1 Å². The second-order valence-electron chi connectivity index (χ2n) is 5.35. The summed E-state index contributed by atoms with van der Waals surface area (Å²) in [6, 6.07) is 0. The highest BCUT2D eigenvalue weighted by molar-refractivity contribution is 5.85. The van der Waals surface area contributed by atoms with Crippen molar-refractivity contribution < 1.29 is 18.0 Å². The van der Waals surface area contributed by atoms with E-state index in [0.29, 0.717) is 5.92 Å². The van der Waals surface area contributed by atoms with Gasteiger partial charge in [0.05, 0.1) is 5.92 Å². The van der Waals surface area contributed by atoms with E-state index in [4.69, 9.17) is 0 Å². The minimum Gasteiger partial charge on any atom is -0.342 e. The molecule has 0 aromatic rings. The van der Waals surface area contributed by atoms with Gasteiger partial charge in [-0.05, 0) is 31.8 Å². The summed E-state index contributed by atoms with van der Waals surface area (Å²) < 4.78 is 37.5. The molecular weight excluding hydrogens is 281 g/mol. The Kier molecular flexibility index (Phi) is 5.50. The number of piperidine rings is 1. The molecule has 112 valence electrons. The van der Waals surface area contributed by atoms with Crippen molar-refractivity contribution in [2.45, 2.75) is 25.9 Å². The molecule has 2 fully saturated rings. The van der Waals surface area contributed by atoms with Crippen molar-refractivity contribution >= 4 is 18.3 Å². The summed E-state index contributed by atoms with van der Waals surface area (Å²) in [7, 11) is 0. The van der Waals surface area contributed by atoms with Crippen LogP contribution in [0, 0.1) is 17.8 Å². The van der Waals surface area contributed by atoms with E-state index in [-0.39, 0.29) is 50.2 Å². The molecule has 0 saturated carbocycles. The number of alkyl halides is 3. The third-order valence-electron chi connectivity index (χ3n) is 4.18. The standard InChI is InChI=1S/C12H19F3N2O.ClH/c1-8(9-6-16-7-9)11(18)17-4-2-10(3-5-17)12(13,14)15;/h8-10,16H,2-7H2,1H3;1H. The van der Waals surface area contributed by atoms with Gasteiger partial charge in [0, 0.05) is 19.0 Å². The van der Waals surface area contributed by atoms with Gasteiger partial charge in [-0.15, -0.1) is 12.4 Å². The number of hydrogen-bond donors (Lipinski definition) is 1. The van der Waals surface area contributed by atoms with E-state index in [9.17, 15) is 18.0 Å². The smallest absolute Gasteiger partial charge is 0.342 e. The zero-order valence-corrected chi connectivity index (χ0v) is 11.7. The molecule has 0 spiro atoms. The van der Waals surface area contributed by atoms with Crippen LogP contribution < -0.4 is 5.32 Å². The molecule has 1 N–H and O–H groups in total. The lowest BCUT2D eigenvalue weighted by Crippen LogP contribution is -2.52. The molecule has 19 heavy (non-hydrogen) atoms. The van der Waals surface area contributed by atoms with Gasteiger partial charge < -0.3 is 10.2 Å². The van der Waals surface area contributed by atoms with Crippen molar-refractivity contribution in [1.29, 1.82) is 0 Å². The average Bonchev–Trinajstić information content (AvgIpc) is 2.24. The molecule has 2 saturated heterocycles. The second-order valence-corrected chi connectivity index (χ2v) is 5.35. The summed E-state index contributed by atoms with van der Waals surface area (Å²) in [5.41, 5.74) is 0. The van der Waals surface area contributed by atoms with Crippen LogP contribution in [-0.4, -0.2) is 43.2 Å². The van der Waals surface area contributed by atoms with Crippen LogP contribution in [0.15, 0.2) is 0 Å². The first-order valence-electron chi connectivity index (χ1n) is 6.46. The maximum atomic E-state index is 12.5. The van der Waals surface area contributed by atoms with E-state index >= 15 is 0 Å². The van der Waals surface area contributed by atoms with Crippen LogP contribution in [0.1, 0.15) is 19.8 Å². The van der Waals surface area contributed by atoms with Gasteiger partial charge in [-0.3, -0.25) is 4.79 Å². The summed E-state index contributed by atoms with van der Waals surface area (Å²) in [5.74, 6) is -0.948. The number of rotatable bonds is 2. The highest BCUT2D eigenvalue weighted by atomic mass is 35.5. The Bertz CT molecular complexity index is 313. The van der Waals surface area contributed by atoms with Crippen LogP contribution >= 0.6 is 12.4 Å². The number of hydrogen-bond acceptors (Lipinski definition) is 2. The molecule has 0 aromatic heterocycles. The molecule has 7 heteroatoms. The molecule has 2 aliphatic rings. The fourth-order valence-electron chi connectivity index (χ4n) is 2.58. The van der Waals surface area contributed by atoms with Gasteiger partial charge in [-0.25, -0.2) is 0 Å². The van der Waals surface area contributed by atoms with E-state index < -0.39 is 12.1 Å². The number of carbonyl (C=O) groups excluding carboxylic acids is 1. The Balaban J connectivity index is 0.00000180. The van der Waals surface area contributed by atoms with Crippen molar-refractivity contribution in [3.63, 3.8) is 0 Å². The Morgan fingerprint density at radius 3 is 2.16 bits per heavy atom. The first-order chi connectivity index (χ1) is 8.39. The zero-order valence-electron chi connectivity index (χ0n) is 10.9. The van der Waals surface area contributed by atoms with Crippen molar-refractivity contribution in [1.82, 2.24) is 10.2 Å². The van der Waals surface area contributed by atoms with Crippen LogP contribution in [0.3, 0.4) is 0 Å². The maximum absolute atomic E-state index is 12.5. The van der Waals surface area contributed by atoms with Crippen LogP contribution in [0.2, 0.25) is 0 Å². The lowest BCUT2D eigenvalue weighted by molar-refractivity contribution is -0.187. The van der Waals surface area contributed by atoms with Crippen molar-refractivity contribution in [3.05, 3.63) is 0 Å². The Hall–Kier alpha value is -0.490. The predicted molar refractivity (Wildman–Crippen MR) is 68.1 cm³/mol. The quantitative estimate of drug-likeness (QED) is 0.847. The number of nitrogens with one attached hydrogen (secondary N) is 1. The first kappa shape index (κ1) is 16.6. The molecule has 0 aliphatic carbocycles. The molecule has 0 aromatic carbocycles. The van der Waals surface area contributed by atoms with Crippen LogP contribution in [-0.2, 0) is 4.79 Å². The minimum atomic E-state index is -4.11. The van der Waals surface area contributed by atoms with Crippen molar-refractivity contribution in [2.75, 3.05) is 26.2 Å². The highest BCUT2D eigenvalue weighted by Gasteiger charge is 2.42. The predicted octanol–water partition coefficient (Wildman–Crippen LogP) is 2.06. The van der Waals surface area contributed by atoms with Crippen molar-refractivity contribution in [2.24, 2.45) is 17.8 Å². The van der Waals surface area contributed by atoms with Gasteiger partial charge in [-0.2, -0.15) is 13.2 Å². The number of carbonyl (C=O) groups is 1. The largest absolute Gasteiger partial charge is 0.391 e. The fourth-order valence-corrected chi connectivity index (χ4v) is 2.58. The summed E-state index contributed by atoms with van der Waals surface area (Å²) in [6.07, 6.45) is -4.02. The van der Waals surface area contributed by atoms with Crippen molar-refractivity contribution in [3.8, 4) is 0 Å². The molecule has 1 atom stereocenters. The van der Waals surface area contributed by atoms with E-state index in [1.807, 2.05) is 6.92 Å².